The van der Waals surface area contributed by atoms with E-state index in [1.54, 1.807) is 0 Å². The molecule has 1 aliphatic rings. The third-order valence-electron chi connectivity index (χ3n) is 3.45. The fourth-order valence-electron chi connectivity index (χ4n) is 2.36. The second-order valence-electron chi connectivity index (χ2n) is 5.03. The molecule has 1 aromatic heterocycles. The van der Waals surface area contributed by atoms with Gasteiger partial charge >= 0.3 is 0 Å². The summed E-state index contributed by atoms with van der Waals surface area (Å²) < 4.78 is 0. The number of rotatable bonds is 6. The minimum absolute atomic E-state index is 0.469. The van der Waals surface area contributed by atoms with E-state index in [-0.39, 0.29) is 0 Å². The number of nitrogens with zero attached hydrogens (tertiary/aromatic N) is 2. The van der Waals surface area contributed by atoms with E-state index in [1.165, 1.54) is 24.8 Å². The molecule has 1 aliphatic carbocycles. The molecule has 1 saturated carbocycles. The molecule has 0 spiro atoms. The summed E-state index contributed by atoms with van der Waals surface area (Å²) in [7, 11) is 0. The van der Waals surface area contributed by atoms with Crippen LogP contribution in [0, 0.1) is 12.8 Å². The summed E-state index contributed by atoms with van der Waals surface area (Å²) in [6.07, 6.45) is 5.03. The molecule has 0 saturated heterocycles. The largest absolute Gasteiger partial charge is 0.310 e. The van der Waals surface area contributed by atoms with E-state index in [0.717, 1.165) is 30.3 Å². The highest BCUT2D eigenvalue weighted by molar-refractivity contribution is 5.25. The molecule has 0 aromatic carbocycles. The molecule has 2 rings (SSSR count). The Kier molecular flexibility index (Phi) is 4.11. The lowest BCUT2D eigenvalue weighted by Crippen LogP contribution is -2.23. The van der Waals surface area contributed by atoms with E-state index in [2.05, 4.69) is 35.4 Å². The fourth-order valence-corrected chi connectivity index (χ4v) is 2.36. The molecule has 0 radical (unpaired) electrons. The van der Waals surface area contributed by atoms with Gasteiger partial charge in [-0.1, -0.05) is 26.7 Å². The second-order valence-corrected chi connectivity index (χ2v) is 5.03. The topological polar surface area (TPSA) is 37.8 Å². The van der Waals surface area contributed by atoms with Crippen molar-refractivity contribution in [3.63, 3.8) is 0 Å². The lowest BCUT2D eigenvalue weighted by atomic mass is 9.98. The van der Waals surface area contributed by atoms with E-state index in [4.69, 9.17) is 0 Å². The van der Waals surface area contributed by atoms with Gasteiger partial charge < -0.3 is 5.32 Å². The van der Waals surface area contributed by atoms with Crippen molar-refractivity contribution in [1.29, 1.82) is 0 Å². The van der Waals surface area contributed by atoms with E-state index in [1.807, 2.05) is 6.92 Å². The highest BCUT2D eigenvalue weighted by atomic mass is 15.1. The molecule has 1 N–H and O–H groups in total. The van der Waals surface area contributed by atoms with Crippen molar-refractivity contribution in [2.24, 2.45) is 5.92 Å². The van der Waals surface area contributed by atoms with Gasteiger partial charge in [0.05, 0.1) is 11.4 Å². The van der Waals surface area contributed by atoms with Gasteiger partial charge in [-0.05, 0) is 43.9 Å². The highest BCUT2D eigenvalue weighted by Crippen LogP contribution is 2.38. The minimum atomic E-state index is 0.469. The lowest BCUT2D eigenvalue weighted by molar-refractivity contribution is 0.480. The molecular weight excluding hydrogens is 210 g/mol. The SMILES string of the molecule is CCNC(CC1CC1)c1cc(C)nnc1CC. The van der Waals surface area contributed by atoms with Gasteiger partial charge in [-0.3, -0.25) is 0 Å². The molecule has 1 unspecified atom stereocenters. The zero-order valence-corrected chi connectivity index (χ0v) is 11.2. The Morgan fingerprint density at radius 2 is 2.12 bits per heavy atom. The first kappa shape index (κ1) is 12.5. The van der Waals surface area contributed by atoms with Crippen LogP contribution in [0.25, 0.3) is 0 Å². The van der Waals surface area contributed by atoms with Crippen LogP contribution >= 0.6 is 0 Å². The highest BCUT2D eigenvalue weighted by Gasteiger charge is 2.27. The Labute approximate surface area is 104 Å². The summed E-state index contributed by atoms with van der Waals surface area (Å²) >= 11 is 0. The zero-order valence-electron chi connectivity index (χ0n) is 11.2. The first-order chi connectivity index (χ1) is 8.24. The van der Waals surface area contributed by atoms with Crippen LogP contribution in [-0.4, -0.2) is 16.7 Å². The maximum absolute atomic E-state index is 4.34. The van der Waals surface area contributed by atoms with Crippen molar-refractivity contribution in [3.8, 4) is 0 Å². The molecule has 0 bridgehead atoms. The minimum Gasteiger partial charge on any atom is -0.310 e. The van der Waals surface area contributed by atoms with Gasteiger partial charge in [-0.15, -0.1) is 0 Å². The Bertz CT molecular complexity index is 372. The Hall–Kier alpha value is -0.960. The molecular formula is C14H23N3. The third-order valence-corrected chi connectivity index (χ3v) is 3.45. The Morgan fingerprint density at radius 3 is 2.71 bits per heavy atom. The molecule has 94 valence electrons. The standard InChI is InChI=1S/C14H23N3/c1-4-13-12(8-10(3)16-17-13)14(15-5-2)9-11-6-7-11/h8,11,14-15H,4-7,9H2,1-3H3. The Balaban J connectivity index is 2.22. The van der Waals surface area contributed by atoms with Crippen molar-refractivity contribution >= 4 is 0 Å². The van der Waals surface area contributed by atoms with Crippen molar-refractivity contribution in [2.75, 3.05) is 6.54 Å². The van der Waals surface area contributed by atoms with E-state index >= 15 is 0 Å². The number of aryl methyl sites for hydroxylation is 2. The summed E-state index contributed by atoms with van der Waals surface area (Å²) in [6.45, 7) is 7.37. The number of hydrogen-bond donors (Lipinski definition) is 1. The van der Waals surface area contributed by atoms with Crippen LogP contribution < -0.4 is 5.32 Å². The van der Waals surface area contributed by atoms with Crippen molar-refractivity contribution in [1.82, 2.24) is 15.5 Å². The quantitative estimate of drug-likeness (QED) is 0.821. The summed E-state index contributed by atoms with van der Waals surface area (Å²) in [6, 6.07) is 2.68. The van der Waals surface area contributed by atoms with E-state index in [9.17, 15) is 0 Å². The first-order valence-electron chi connectivity index (χ1n) is 6.81. The molecule has 0 amide bonds. The third kappa shape index (κ3) is 3.25. The molecule has 1 atom stereocenters. The molecule has 17 heavy (non-hydrogen) atoms. The van der Waals surface area contributed by atoms with Gasteiger partial charge in [-0.2, -0.15) is 10.2 Å². The first-order valence-corrected chi connectivity index (χ1v) is 6.81. The summed E-state index contributed by atoms with van der Waals surface area (Å²) in [5.74, 6) is 0.928. The van der Waals surface area contributed by atoms with Crippen LogP contribution in [0.3, 0.4) is 0 Å². The van der Waals surface area contributed by atoms with Crippen LogP contribution in [0.2, 0.25) is 0 Å². The maximum Gasteiger partial charge on any atom is 0.0676 e. The molecule has 0 aliphatic heterocycles. The summed E-state index contributed by atoms with van der Waals surface area (Å²) in [4.78, 5) is 0. The molecule has 1 fully saturated rings. The number of aromatic nitrogens is 2. The zero-order chi connectivity index (χ0) is 12.3. The summed E-state index contributed by atoms with van der Waals surface area (Å²) in [5, 5.41) is 12.1. The normalized spacial score (nSPS) is 17.1. The fraction of sp³-hybridized carbons (Fsp3) is 0.714. The van der Waals surface area contributed by atoms with Gasteiger partial charge in [-0.25, -0.2) is 0 Å². The van der Waals surface area contributed by atoms with Crippen LogP contribution in [0.4, 0.5) is 0 Å². The second kappa shape index (κ2) is 5.58. The van der Waals surface area contributed by atoms with Crippen molar-refractivity contribution in [3.05, 3.63) is 23.0 Å². The average molecular weight is 233 g/mol. The van der Waals surface area contributed by atoms with Gasteiger partial charge in [0.1, 0.15) is 0 Å². The van der Waals surface area contributed by atoms with E-state index in [0.29, 0.717) is 6.04 Å². The number of hydrogen-bond acceptors (Lipinski definition) is 3. The summed E-state index contributed by atoms with van der Waals surface area (Å²) in [5.41, 5.74) is 3.55. The van der Waals surface area contributed by atoms with Crippen LogP contribution in [-0.2, 0) is 6.42 Å². The smallest absolute Gasteiger partial charge is 0.0676 e. The number of nitrogens with one attached hydrogen (secondary N) is 1. The Morgan fingerprint density at radius 1 is 1.35 bits per heavy atom. The van der Waals surface area contributed by atoms with Gasteiger partial charge in [0.15, 0.2) is 0 Å². The van der Waals surface area contributed by atoms with Crippen LogP contribution in [0.1, 0.15) is 56.1 Å². The molecule has 3 heteroatoms. The molecule has 3 nitrogen and oxygen atoms in total. The van der Waals surface area contributed by atoms with Gasteiger partial charge in [0.25, 0.3) is 0 Å². The van der Waals surface area contributed by atoms with Crippen molar-refractivity contribution in [2.45, 2.75) is 52.5 Å². The predicted molar refractivity (Wildman–Crippen MR) is 69.9 cm³/mol. The van der Waals surface area contributed by atoms with Crippen LogP contribution in [0.5, 0.6) is 0 Å². The van der Waals surface area contributed by atoms with Gasteiger partial charge in [0.2, 0.25) is 0 Å². The molecule has 1 aromatic rings. The van der Waals surface area contributed by atoms with E-state index < -0.39 is 0 Å². The monoisotopic (exact) mass is 233 g/mol. The van der Waals surface area contributed by atoms with Crippen molar-refractivity contribution < 1.29 is 0 Å². The molecule has 1 heterocycles. The van der Waals surface area contributed by atoms with Crippen LogP contribution in [0.15, 0.2) is 6.07 Å². The van der Waals surface area contributed by atoms with Gasteiger partial charge in [0, 0.05) is 6.04 Å². The average Bonchev–Trinajstić information content (AvgIpc) is 3.12. The lowest BCUT2D eigenvalue weighted by Gasteiger charge is -2.20. The predicted octanol–water partition coefficient (Wildman–Crippen LogP) is 2.80. The maximum atomic E-state index is 4.34.